The molecule has 0 aliphatic carbocycles. The van der Waals surface area contributed by atoms with Crippen molar-refractivity contribution >= 4 is 15.9 Å². The third-order valence-corrected chi connectivity index (χ3v) is 3.38. The Hall–Kier alpha value is -0.840. The lowest BCUT2D eigenvalue weighted by Crippen LogP contribution is -2.33. The molecule has 0 spiro atoms. The first-order valence-electron chi connectivity index (χ1n) is 5.87. The molecular formula is C14H17BrO3. The summed E-state index contributed by atoms with van der Waals surface area (Å²) < 4.78 is 18.1. The topological polar surface area (TPSA) is 27.7 Å². The molecule has 0 amide bonds. The van der Waals surface area contributed by atoms with Crippen LogP contribution in [0.15, 0.2) is 41.4 Å². The first-order chi connectivity index (χ1) is 8.52. The van der Waals surface area contributed by atoms with E-state index >= 15 is 0 Å². The first kappa shape index (κ1) is 13.6. The van der Waals surface area contributed by atoms with Gasteiger partial charge in [0.1, 0.15) is 18.0 Å². The van der Waals surface area contributed by atoms with Crippen molar-refractivity contribution in [1.29, 1.82) is 0 Å². The Balaban J connectivity index is 2.07. The smallest absolute Gasteiger partial charge is 0.163 e. The molecule has 1 aromatic carbocycles. The number of para-hydroxylation sites is 1. The van der Waals surface area contributed by atoms with Crippen LogP contribution in [0, 0.1) is 0 Å². The largest absolute Gasteiger partial charge is 0.482 e. The molecule has 3 nitrogen and oxygen atoms in total. The normalized spacial score (nSPS) is 23.6. The summed E-state index contributed by atoms with van der Waals surface area (Å²) in [4.78, 5) is 0. The van der Waals surface area contributed by atoms with Gasteiger partial charge in [-0.1, -0.05) is 18.7 Å². The summed E-state index contributed by atoms with van der Waals surface area (Å²) in [6, 6.07) is 7.71. The quantitative estimate of drug-likeness (QED) is 0.796. The zero-order valence-corrected chi connectivity index (χ0v) is 12.1. The molecule has 1 saturated heterocycles. The van der Waals surface area contributed by atoms with E-state index in [0.29, 0.717) is 6.61 Å². The molecular weight excluding hydrogens is 296 g/mol. The number of ether oxygens (including phenoxy) is 3. The Morgan fingerprint density at radius 2 is 2.22 bits per heavy atom. The molecule has 0 aromatic heterocycles. The van der Waals surface area contributed by atoms with E-state index < -0.39 is 5.79 Å². The third-order valence-electron chi connectivity index (χ3n) is 2.73. The van der Waals surface area contributed by atoms with Crippen molar-refractivity contribution in [3.63, 3.8) is 0 Å². The van der Waals surface area contributed by atoms with E-state index in [1.807, 2.05) is 38.1 Å². The van der Waals surface area contributed by atoms with Crippen LogP contribution in [0.3, 0.4) is 0 Å². The van der Waals surface area contributed by atoms with Gasteiger partial charge in [-0.25, -0.2) is 0 Å². The van der Waals surface area contributed by atoms with Crippen LogP contribution in [0.2, 0.25) is 0 Å². The van der Waals surface area contributed by atoms with E-state index in [1.54, 1.807) is 6.08 Å². The van der Waals surface area contributed by atoms with Gasteiger partial charge in [-0.05, 0) is 48.0 Å². The summed E-state index contributed by atoms with van der Waals surface area (Å²) in [5.74, 6) is 0.221. The molecule has 1 aliphatic heterocycles. The summed E-state index contributed by atoms with van der Waals surface area (Å²) in [7, 11) is 0. The molecule has 0 radical (unpaired) electrons. The predicted molar refractivity (Wildman–Crippen MR) is 73.7 cm³/mol. The SMILES string of the molecule is C=CC(Oc1ccccc1Br)[C@@H]1COC(C)(C)O1. The van der Waals surface area contributed by atoms with Gasteiger partial charge in [0.05, 0.1) is 11.1 Å². The minimum atomic E-state index is -0.552. The van der Waals surface area contributed by atoms with Crippen molar-refractivity contribution in [2.75, 3.05) is 6.61 Å². The summed E-state index contributed by atoms with van der Waals surface area (Å²) >= 11 is 3.45. The molecule has 98 valence electrons. The van der Waals surface area contributed by atoms with E-state index in [9.17, 15) is 0 Å². The van der Waals surface area contributed by atoms with E-state index in [4.69, 9.17) is 14.2 Å². The van der Waals surface area contributed by atoms with Crippen molar-refractivity contribution < 1.29 is 14.2 Å². The van der Waals surface area contributed by atoms with Crippen molar-refractivity contribution in [1.82, 2.24) is 0 Å². The van der Waals surface area contributed by atoms with Crippen LogP contribution in [0.1, 0.15) is 13.8 Å². The Morgan fingerprint density at radius 3 is 2.78 bits per heavy atom. The molecule has 1 heterocycles. The highest BCUT2D eigenvalue weighted by atomic mass is 79.9. The van der Waals surface area contributed by atoms with Crippen LogP contribution in [0.5, 0.6) is 5.75 Å². The zero-order chi connectivity index (χ0) is 13.2. The molecule has 1 unspecified atom stereocenters. The van der Waals surface area contributed by atoms with Crippen LogP contribution in [0.4, 0.5) is 0 Å². The van der Waals surface area contributed by atoms with Gasteiger partial charge < -0.3 is 14.2 Å². The Kier molecular flexibility index (Phi) is 4.10. The van der Waals surface area contributed by atoms with Gasteiger partial charge in [-0.2, -0.15) is 0 Å². The molecule has 1 fully saturated rings. The summed E-state index contributed by atoms with van der Waals surface area (Å²) in [6.45, 7) is 8.10. The molecule has 2 rings (SSSR count). The van der Waals surface area contributed by atoms with Gasteiger partial charge in [-0.15, -0.1) is 0 Å². The average Bonchev–Trinajstić information content (AvgIpc) is 2.68. The Morgan fingerprint density at radius 1 is 1.50 bits per heavy atom. The second kappa shape index (κ2) is 5.43. The van der Waals surface area contributed by atoms with Crippen molar-refractivity contribution in [2.24, 2.45) is 0 Å². The monoisotopic (exact) mass is 312 g/mol. The van der Waals surface area contributed by atoms with Crippen LogP contribution < -0.4 is 4.74 Å². The fourth-order valence-electron chi connectivity index (χ4n) is 1.84. The van der Waals surface area contributed by atoms with E-state index in [1.165, 1.54) is 0 Å². The van der Waals surface area contributed by atoms with Crippen LogP contribution in [-0.2, 0) is 9.47 Å². The first-order valence-corrected chi connectivity index (χ1v) is 6.66. The minimum absolute atomic E-state index is 0.135. The second-order valence-electron chi connectivity index (χ2n) is 4.62. The van der Waals surface area contributed by atoms with Crippen LogP contribution in [-0.4, -0.2) is 24.6 Å². The molecule has 0 saturated carbocycles. The number of halogens is 1. The Labute approximate surface area is 116 Å². The minimum Gasteiger partial charge on any atom is -0.482 e. The van der Waals surface area contributed by atoms with Gasteiger partial charge >= 0.3 is 0 Å². The van der Waals surface area contributed by atoms with E-state index in [-0.39, 0.29) is 12.2 Å². The van der Waals surface area contributed by atoms with E-state index in [2.05, 4.69) is 22.5 Å². The highest BCUT2D eigenvalue weighted by Crippen LogP contribution is 2.29. The van der Waals surface area contributed by atoms with E-state index in [0.717, 1.165) is 10.2 Å². The summed E-state index contributed by atoms with van der Waals surface area (Å²) in [5, 5.41) is 0. The number of hydrogen-bond acceptors (Lipinski definition) is 3. The van der Waals surface area contributed by atoms with Gasteiger partial charge in [0.25, 0.3) is 0 Å². The van der Waals surface area contributed by atoms with Crippen LogP contribution in [0.25, 0.3) is 0 Å². The van der Waals surface area contributed by atoms with Gasteiger partial charge in [0.15, 0.2) is 5.79 Å². The lowest BCUT2D eigenvalue weighted by Gasteiger charge is -2.23. The second-order valence-corrected chi connectivity index (χ2v) is 5.47. The molecule has 0 bridgehead atoms. The maximum absolute atomic E-state index is 5.90. The standard InChI is InChI=1S/C14H17BrO3/c1-4-11(13-9-16-14(2,3)18-13)17-12-8-6-5-7-10(12)15/h4-8,11,13H,1,9H2,2-3H3/t11?,13-/m0/s1. The van der Waals surface area contributed by atoms with Crippen LogP contribution >= 0.6 is 15.9 Å². The number of rotatable bonds is 4. The number of hydrogen-bond donors (Lipinski definition) is 0. The Bertz CT molecular complexity index is 431. The molecule has 18 heavy (non-hydrogen) atoms. The fraction of sp³-hybridized carbons (Fsp3) is 0.429. The summed E-state index contributed by atoms with van der Waals surface area (Å²) in [5.41, 5.74) is 0. The fourth-order valence-corrected chi connectivity index (χ4v) is 2.22. The highest BCUT2D eigenvalue weighted by molar-refractivity contribution is 9.10. The third kappa shape index (κ3) is 3.13. The summed E-state index contributed by atoms with van der Waals surface area (Å²) in [6.07, 6.45) is 1.38. The van der Waals surface area contributed by atoms with Crippen molar-refractivity contribution in [2.45, 2.75) is 31.8 Å². The van der Waals surface area contributed by atoms with Gasteiger partial charge in [0.2, 0.25) is 0 Å². The predicted octanol–water partition coefficient (Wildman–Crippen LogP) is 3.53. The van der Waals surface area contributed by atoms with Gasteiger partial charge in [0, 0.05) is 0 Å². The molecule has 2 atom stereocenters. The zero-order valence-electron chi connectivity index (χ0n) is 10.6. The maximum Gasteiger partial charge on any atom is 0.163 e. The lowest BCUT2D eigenvalue weighted by molar-refractivity contribution is -0.145. The molecule has 1 aliphatic rings. The lowest BCUT2D eigenvalue weighted by atomic mass is 10.2. The van der Waals surface area contributed by atoms with Crippen molar-refractivity contribution in [3.05, 3.63) is 41.4 Å². The number of benzene rings is 1. The molecule has 1 aromatic rings. The highest BCUT2D eigenvalue weighted by Gasteiger charge is 2.37. The van der Waals surface area contributed by atoms with Gasteiger partial charge in [-0.3, -0.25) is 0 Å². The molecule has 4 heteroatoms. The average molecular weight is 313 g/mol. The molecule has 0 N–H and O–H groups in total. The van der Waals surface area contributed by atoms with Crippen molar-refractivity contribution in [3.8, 4) is 5.75 Å². The maximum atomic E-state index is 5.90.